The summed E-state index contributed by atoms with van der Waals surface area (Å²) >= 11 is 0. The summed E-state index contributed by atoms with van der Waals surface area (Å²) in [6.45, 7) is 2.14. The Bertz CT molecular complexity index is 172. The number of hydrogen-bond donors (Lipinski definition) is 1. The third-order valence-corrected chi connectivity index (χ3v) is 0.855. The van der Waals surface area contributed by atoms with E-state index in [9.17, 15) is 13.2 Å². The van der Waals surface area contributed by atoms with E-state index in [4.69, 9.17) is 5.41 Å². The van der Waals surface area contributed by atoms with E-state index in [1.165, 1.54) is 6.92 Å². The van der Waals surface area contributed by atoms with Crippen LogP contribution in [0.3, 0.4) is 0 Å². The van der Waals surface area contributed by atoms with E-state index < -0.39 is 12.2 Å². The number of nitrogens with one attached hydrogen (secondary N) is 1. The first kappa shape index (κ1) is 10.1. The van der Waals surface area contributed by atoms with E-state index in [1.807, 2.05) is 0 Å². The standard InChI is InChI=1S/C5H8F3N3/c1-3(5(6,7)8)10-11-4(2)9/h3,9H,1-2H3. The van der Waals surface area contributed by atoms with Crippen LogP contribution < -0.4 is 0 Å². The lowest BCUT2D eigenvalue weighted by Gasteiger charge is -2.08. The Hall–Kier alpha value is -0.940. The quantitative estimate of drug-likeness (QED) is 0.354. The van der Waals surface area contributed by atoms with Gasteiger partial charge in [0.05, 0.1) is 0 Å². The molecule has 0 saturated carbocycles. The summed E-state index contributed by atoms with van der Waals surface area (Å²) in [6.07, 6.45) is -4.36. The number of hydrogen-bond acceptors (Lipinski definition) is 2. The van der Waals surface area contributed by atoms with E-state index in [2.05, 4.69) is 10.2 Å². The summed E-state index contributed by atoms with van der Waals surface area (Å²) in [5.41, 5.74) is 0. The molecule has 0 amide bonds. The van der Waals surface area contributed by atoms with Gasteiger partial charge in [0.15, 0.2) is 6.04 Å². The molecule has 1 unspecified atom stereocenters. The Morgan fingerprint density at radius 3 is 2.18 bits per heavy atom. The van der Waals surface area contributed by atoms with Crippen LogP contribution in [0.1, 0.15) is 13.8 Å². The van der Waals surface area contributed by atoms with Gasteiger partial charge in [-0.05, 0) is 13.8 Å². The fourth-order valence-electron chi connectivity index (χ4n) is 0.239. The Balaban J connectivity index is 4.07. The van der Waals surface area contributed by atoms with E-state index in [0.717, 1.165) is 6.92 Å². The number of amidine groups is 1. The third kappa shape index (κ3) is 4.46. The van der Waals surface area contributed by atoms with Crippen molar-refractivity contribution >= 4 is 5.84 Å². The molecule has 0 aromatic heterocycles. The summed E-state index contributed by atoms with van der Waals surface area (Å²) in [4.78, 5) is 0. The summed E-state index contributed by atoms with van der Waals surface area (Å²) < 4.78 is 35.0. The molecule has 3 nitrogen and oxygen atoms in total. The normalized spacial score (nSPS) is 15.4. The molecule has 0 aliphatic heterocycles. The van der Waals surface area contributed by atoms with E-state index in [-0.39, 0.29) is 5.84 Å². The molecular weight excluding hydrogens is 159 g/mol. The maximum absolute atomic E-state index is 11.7. The topological polar surface area (TPSA) is 48.6 Å². The van der Waals surface area contributed by atoms with Crippen LogP contribution in [0.5, 0.6) is 0 Å². The molecule has 0 aliphatic carbocycles. The van der Waals surface area contributed by atoms with Crippen molar-refractivity contribution in [2.24, 2.45) is 10.2 Å². The Morgan fingerprint density at radius 1 is 1.45 bits per heavy atom. The summed E-state index contributed by atoms with van der Waals surface area (Å²) in [6, 6.07) is -1.83. The first-order chi connectivity index (χ1) is 4.84. The van der Waals surface area contributed by atoms with Gasteiger partial charge in [0.2, 0.25) is 0 Å². The van der Waals surface area contributed by atoms with Gasteiger partial charge < -0.3 is 0 Å². The molecule has 0 aromatic rings. The molecule has 0 bridgehead atoms. The van der Waals surface area contributed by atoms with Crippen molar-refractivity contribution in [1.29, 1.82) is 5.41 Å². The van der Waals surface area contributed by atoms with Gasteiger partial charge in [-0.3, -0.25) is 5.41 Å². The zero-order valence-corrected chi connectivity index (χ0v) is 6.11. The van der Waals surface area contributed by atoms with Crippen LogP contribution in [0.4, 0.5) is 13.2 Å². The highest BCUT2D eigenvalue weighted by Crippen LogP contribution is 2.22. The Labute approximate surface area is 61.8 Å². The molecule has 0 heterocycles. The molecule has 1 N–H and O–H groups in total. The van der Waals surface area contributed by atoms with Gasteiger partial charge in [-0.1, -0.05) is 0 Å². The first-order valence-electron chi connectivity index (χ1n) is 2.86. The molecule has 11 heavy (non-hydrogen) atoms. The van der Waals surface area contributed by atoms with Crippen molar-refractivity contribution in [2.75, 3.05) is 0 Å². The molecule has 0 radical (unpaired) electrons. The van der Waals surface area contributed by atoms with Crippen LogP contribution in [-0.4, -0.2) is 18.1 Å². The first-order valence-corrected chi connectivity index (χ1v) is 2.86. The van der Waals surface area contributed by atoms with Crippen molar-refractivity contribution in [3.8, 4) is 0 Å². The second-order valence-electron chi connectivity index (χ2n) is 2.02. The highest BCUT2D eigenvalue weighted by atomic mass is 19.4. The second-order valence-corrected chi connectivity index (χ2v) is 2.02. The average Bonchev–Trinajstić information content (AvgIpc) is 1.80. The highest BCUT2D eigenvalue weighted by molar-refractivity contribution is 5.76. The third-order valence-electron chi connectivity index (χ3n) is 0.855. The summed E-state index contributed by atoms with van der Waals surface area (Å²) in [7, 11) is 0. The number of rotatable bonds is 1. The van der Waals surface area contributed by atoms with Crippen LogP contribution >= 0.6 is 0 Å². The molecule has 1 atom stereocenters. The number of azo groups is 1. The molecule has 0 rings (SSSR count). The lowest BCUT2D eigenvalue weighted by Crippen LogP contribution is -2.23. The number of alkyl halides is 3. The van der Waals surface area contributed by atoms with Crippen LogP contribution in [0.2, 0.25) is 0 Å². The van der Waals surface area contributed by atoms with Crippen molar-refractivity contribution in [2.45, 2.75) is 26.1 Å². The molecule has 6 heteroatoms. The van der Waals surface area contributed by atoms with E-state index in [1.54, 1.807) is 0 Å². The SMILES string of the molecule is CC(=N)N=NC(C)C(F)(F)F. The van der Waals surface area contributed by atoms with Gasteiger partial charge in [0.1, 0.15) is 5.84 Å². The van der Waals surface area contributed by atoms with Gasteiger partial charge in [-0.2, -0.15) is 18.3 Å². The smallest absolute Gasteiger partial charge is 0.285 e. The fourth-order valence-corrected chi connectivity index (χ4v) is 0.239. The molecule has 0 aliphatic rings. The van der Waals surface area contributed by atoms with Gasteiger partial charge in [0.25, 0.3) is 0 Å². The van der Waals surface area contributed by atoms with Crippen molar-refractivity contribution < 1.29 is 13.2 Å². The minimum atomic E-state index is -4.36. The lowest BCUT2D eigenvalue weighted by molar-refractivity contribution is -0.143. The van der Waals surface area contributed by atoms with E-state index >= 15 is 0 Å². The van der Waals surface area contributed by atoms with Gasteiger partial charge in [-0.15, -0.1) is 5.11 Å². The summed E-state index contributed by atoms with van der Waals surface area (Å²) in [5.74, 6) is -0.235. The molecule has 64 valence electrons. The van der Waals surface area contributed by atoms with Crippen molar-refractivity contribution in [3.05, 3.63) is 0 Å². The number of halogens is 3. The maximum Gasteiger partial charge on any atom is 0.412 e. The summed E-state index contributed by atoms with van der Waals surface area (Å²) in [5, 5.41) is 12.5. The minimum absolute atomic E-state index is 0.235. The molecule has 0 saturated heterocycles. The van der Waals surface area contributed by atoms with Gasteiger partial charge >= 0.3 is 6.18 Å². The van der Waals surface area contributed by atoms with Crippen molar-refractivity contribution in [1.82, 2.24) is 0 Å². The average molecular weight is 167 g/mol. The molecule has 0 aromatic carbocycles. The highest BCUT2D eigenvalue weighted by Gasteiger charge is 2.36. The zero-order valence-electron chi connectivity index (χ0n) is 6.11. The van der Waals surface area contributed by atoms with Crippen LogP contribution in [0, 0.1) is 5.41 Å². The predicted octanol–water partition coefficient (Wildman–Crippen LogP) is 2.39. The van der Waals surface area contributed by atoms with E-state index in [0.29, 0.717) is 0 Å². The second kappa shape index (κ2) is 3.45. The van der Waals surface area contributed by atoms with Gasteiger partial charge in [-0.25, -0.2) is 0 Å². The van der Waals surface area contributed by atoms with Crippen LogP contribution in [0.15, 0.2) is 10.2 Å². The molecular formula is C5H8F3N3. The monoisotopic (exact) mass is 167 g/mol. The largest absolute Gasteiger partial charge is 0.412 e. The molecule has 0 fully saturated rings. The lowest BCUT2D eigenvalue weighted by atomic mass is 10.4. The van der Waals surface area contributed by atoms with Gasteiger partial charge in [0, 0.05) is 0 Å². The van der Waals surface area contributed by atoms with Crippen molar-refractivity contribution in [3.63, 3.8) is 0 Å². The van der Waals surface area contributed by atoms with Crippen LogP contribution in [0.25, 0.3) is 0 Å². The predicted molar refractivity (Wildman–Crippen MR) is 33.8 cm³/mol. The minimum Gasteiger partial charge on any atom is -0.285 e. The Kier molecular flexibility index (Phi) is 3.16. The Morgan fingerprint density at radius 2 is 1.91 bits per heavy atom. The number of nitrogens with zero attached hydrogens (tertiary/aromatic N) is 2. The molecule has 0 spiro atoms. The maximum atomic E-state index is 11.7. The van der Waals surface area contributed by atoms with Crippen LogP contribution in [-0.2, 0) is 0 Å². The fraction of sp³-hybridized carbons (Fsp3) is 0.800. The zero-order chi connectivity index (χ0) is 9.07.